The number of fused-ring (bicyclic) bond motifs is 1. The molecule has 3 aromatic rings. The Morgan fingerprint density at radius 3 is 2.88 bits per heavy atom. The van der Waals surface area contributed by atoms with Crippen LogP contribution < -0.4 is 0 Å². The molecule has 3 rings (SSSR count). The van der Waals surface area contributed by atoms with E-state index in [9.17, 15) is 0 Å². The van der Waals surface area contributed by atoms with E-state index in [1.165, 1.54) is 5.52 Å². The molecule has 86 valence electrons. The topological polar surface area (TPSA) is 31.0 Å². The van der Waals surface area contributed by atoms with Gasteiger partial charge in [-0.3, -0.25) is 0 Å². The third kappa shape index (κ3) is 1.55. The third-order valence-corrected chi connectivity index (χ3v) is 3.06. The Labute approximate surface area is 99.7 Å². The fraction of sp³-hybridized carbons (Fsp3) is 0.214. The number of benzene rings is 1. The maximum absolute atomic E-state index is 5.40. The van der Waals surface area contributed by atoms with Crippen LogP contribution in [0.4, 0.5) is 0 Å². The van der Waals surface area contributed by atoms with Crippen molar-refractivity contribution in [3.05, 3.63) is 42.4 Å². The monoisotopic (exact) mass is 226 g/mol. The highest BCUT2D eigenvalue weighted by Gasteiger charge is 2.08. The van der Waals surface area contributed by atoms with Gasteiger partial charge in [0.25, 0.3) is 0 Å². The SMILES string of the molecule is CCn1c(C)nc2cc(-c3ccco3)ccc21. The number of aryl methyl sites for hydroxylation is 2. The van der Waals surface area contributed by atoms with Crippen molar-refractivity contribution in [3.63, 3.8) is 0 Å². The molecule has 0 saturated carbocycles. The molecule has 1 aromatic carbocycles. The van der Waals surface area contributed by atoms with E-state index < -0.39 is 0 Å². The Bertz CT molecular complexity index is 650. The summed E-state index contributed by atoms with van der Waals surface area (Å²) in [4.78, 5) is 4.58. The predicted octanol–water partition coefficient (Wildman–Crippen LogP) is 3.62. The Hall–Kier alpha value is -2.03. The van der Waals surface area contributed by atoms with Crippen LogP contribution >= 0.6 is 0 Å². The molecular formula is C14H14N2O. The van der Waals surface area contributed by atoms with Crippen molar-refractivity contribution in [2.45, 2.75) is 20.4 Å². The largest absolute Gasteiger partial charge is 0.464 e. The van der Waals surface area contributed by atoms with Gasteiger partial charge in [0.05, 0.1) is 17.3 Å². The highest BCUT2D eigenvalue weighted by Crippen LogP contribution is 2.25. The van der Waals surface area contributed by atoms with Crippen LogP contribution in [0, 0.1) is 6.92 Å². The van der Waals surface area contributed by atoms with E-state index in [0.717, 1.165) is 29.2 Å². The fourth-order valence-corrected chi connectivity index (χ4v) is 2.25. The first-order chi connectivity index (χ1) is 8.29. The minimum atomic E-state index is 0.885. The summed E-state index contributed by atoms with van der Waals surface area (Å²) in [6, 6.07) is 10.1. The number of aromatic nitrogens is 2. The van der Waals surface area contributed by atoms with E-state index in [-0.39, 0.29) is 0 Å². The van der Waals surface area contributed by atoms with Crippen molar-refractivity contribution in [3.8, 4) is 11.3 Å². The Morgan fingerprint density at radius 1 is 1.29 bits per heavy atom. The van der Waals surface area contributed by atoms with Gasteiger partial charge in [0.2, 0.25) is 0 Å². The molecule has 0 spiro atoms. The fourth-order valence-electron chi connectivity index (χ4n) is 2.25. The normalized spacial score (nSPS) is 11.2. The lowest BCUT2D eigenvalue weighted by Gasteiger charge is -2.02. The summed E-state index contributed by atoms with van der Waals surface area (Å²) in [6.07, 6.45) is 1.69. The van der Waals surface area contributed by atoms with Gasteiger partial charge in [0.1, 0.15) is 11.6 Å². The minimum Gasteiger partial charge on any atom is -0.464 e. The second-order valence-electron chi connectivity index (χ2n) is 4.08. The van der Waals surface area contributed by atoms with E-state index >= 15 is 0 Å². The van der Waals surface area contributed by atoms with Crippen LogP contribution in [-0.2, 0) is 6.54 Å². The zero-order valence-corrected chi connectivity index (χ0v) is 9.97. The molecule has 2 heterocycles. The molecule has 0 atom stereocenters. The van der Waals surface area contributed by atoms with E-state index in [0.29, 0.717) is 0 Å². The lowest BCUT2D eigenvalue weighted by molar-refractivity contribution is 0.582. The summed E-state index contributed by atoms with van der Waals surface area (Å²) in [5.41, 5.74) is 3.28. The van der Waals surface area contributed by atoms with Crippen LogP contribution in [0.1, 0.15) is 12.7 Å². The van der Waals surface area contributed by atoms with Crippen molar-refractivity contribution >= 4 is 11.0 Å². The summed E-state index contributed by atoms with van der Waals surface area (Å²) in [6.45, 7) is 5.12. The van der Waals surface area contributed by atoms with Gasteiger partial charge in [-0.2, -0.15) is 0 Å². The number of imidazole rings is 1. The van der Waals surface area contributed by atoms with Gasteiger partial charge in [-0.1, -0.05) is 0 Å². The molecule has 0 unspecified atom stereocenters. The number of rotatable bonds is 2. The second-order valence-corrected chi connectivity index (χ2v) is 4.08. The zero-order chi connectivity index (χ0) is 11.8. The molecule has 3 nitrogen and oxygen atoms in total. The molecular weight excluding hydrogens is 212 g/mol. The first-order valence-electron chi connectivity index (χ1n) is 5.80. The standard InChI is InChI=1S/C14H14N2O/c1-3-16-10(2)15-12-9-11(6-7-13(12)16)14-5-4-8-17-14/h4-9H,3H2,1-2H3. The van der Waals surface area contributed by atoms with Crippen LogP contribution in [0.2, 0.25) is 0 Å². The van der Waals surface area contributed by atoms with Gasteiger partial charge in [0, 0.05) is 12.1 Å². The molecule has 0 N–H and O–H groups in total. The first-order valence-corrected chi connectivity index (χ1v) is 5.80. The molecule has 0 bridgehead atoms. The maximum atomic E-state index is 5.40. The van der Waals surface area contributed by atoms with Gasteiger partial charge in [-0.15, -0.1) is 0 Å². The summed E-state index contributed by atoms with van der Waals surface area (Å²) in [5.74, 6) is 1.94. The van der Waals surface area contributed by atoms with Gasteiger partial charge >= 0.3 is 0 Å². The lowest BCUT2D eigenvalue weighted by Crippen LogP contribution is -1.95. The van der Waals surface area contributed by atoms with Crippen LogP contribution in [0.25, 0.3) is 22.4 Å². The molecule has 0 aliphatic rings. The molecule has 0 aliphatic heterocycles. The van der Waals surface area contributed by atoms with Crippen LogP contribution in [0.15, 0.2) is 41.0 Å². The van der Waals surface area contributed by atoms with E-state index in [2.05, 4.69) is 34.7 Å². The highest BCUT2D eigenvalue weighted by atomic mass is 16.3. The van der Waals surface area contributed by atoms with Gasteiger partial charge < -0.3 is 8.98 Å². The summed E-state index contributed by atoms with van der Waals surface area (Å²) >= 11 is 0. The van der Waals surface area contributed by atoms with E-state index in [1.807, 2.05) is 19.1 Å². The van der Waals surface area contributed by atoms with Crippen molar-refractivity contribution in [1.29, 1.82) is 0 Å². The zero-order valence-electron chi connectivity index (χ0n) is 9.97. The molecule has 0 saturated heterocycles. The maximum Gasteiger partial charge on any atom is 0.133 e. The quantitative estimate of drug-likeness (QED) is 0.668. The Morgan fingerprint density at radius 2 is 2.18 bits per heavy atom. The molecule has 2 aromatic heterocycles. The summed E-state index contributed by atoms with van der Waals surface area (Å²) in [7, 11) is 0. The summed E-state index contributed by atoms with van der Waals surface area (Å²) < 4.78 is 7.61. The summed E-state index contributed by atoms with van der Waals surface area (Å²) in [5, 5.41) is 0. The van der Waals surface area contributed by atoms with E-state index in [4.69, 9.17) is 4.42 Å². The number of hydrogen-bond donors (Lipinski definition) is 0. The van der Waals surface area contributed by atoms with Crippen molar-refractivity contribution in [2.24, 2.45) is 0 Å². The lowest BCUT2D eigenvalue weighted by atomic mass is 10.1. The Kier molecular flexibility index (Phi) is 2.25. The molecule has 0 fully saturated rings. The highest BCUT2D eigenvalue weighted by molar-refractivity contribution is 5.81. The Balaban J connectivity index is 2.21. The van der Waals surface area contributed by atoms with Crippen LogP contribution in [-0.4, -0.2) is 9.55 Å². The van der Waals surface area contributed by atoms with Crippen LogP contribution in [0.5, 0.6) is 0 Å². The average Bonchev–Trinajstić information content (AvgIpc) is 2.93. The smallest absolute Gasteiger partial charge is 0.133 e. The molecule has 0 radical (unpaired) electrons. The van der Waals surface area contributed by atoms with Crippen molar-refractivity contribution in [1.82, 2.24) is 9.55 Å². The first kappa shape index (κ1) is 10.1. The molecule has 0 amide bonds. The van der Waals surface area contributed by atoms with Gasteiger partial charge in [0.15, 0.2) is 0 Å². The van der Waals surface area contributed by atoms with Gasteiger partial charge in [-0.05, 0) is 44.2 Å². The molecule has 3 heteroatoms. The molecule has 0 aliphatic carbocycles. The number of hydrogen-bond acceptors (Lipinski definition) is 2. The third-order valence-electron chi connectivity index (χ3n) is 3.06. The predicted molar refractivity (Wildman–Crippen MR) is 67.8 cm³/mol. The average molecular weight is 226 g/mol. The van der Waals surface area contributed by atoms with Crippen molar-refractivity contribution < 1.29 is 4.42 Å². The van der Waals surface area contributed by atoms with Gasteiger partial charge in [-0.25, -0.2) is 4.98 Å². The van der Waals surface area contributed by atoms with Crippen molar-refractivity contribution in [2.75, 3.05) is 0 Å². The second kappa shape index (κ2) is 3.77. The van der Waals surface area contributed by atoms with E-state index in [1.54, 1.807) is 6.26 Å². The molecule has 17 heavy (non-hydrogen) atoms. The number of nitrogens with zero attached hydrogens (tertiary/aromatic N) is 2. The number of furan rings is 1. The minimum absolute atomic E-state index is 0.885. The van der Waals surface area contributed by atoms with Crippen LogP contribution in [0.3, 0.4) is 0 Å².